The predicted octanol–water partition coefficient (Wildman–Crippen LogP) is 5.34. The summed E-state index contributed by atoms with van der Waals surface area (Å²) in [7, 11) is 1.98. The van der Waals surface area contributed by atoms with E-state index < -0.39 is 0 Å². The van der Waals surface area contributed by atoms with Gasteiger partial charge in [-0.15, -0.1) is 0 Å². The van der Waals surface area contributed by atoms with Gasteiger partial charge >= 0.3 is 0 Å². The van der Waals surface area contributed by atoms with E-state index in [-0.39, 0.29) is 0 Å². The molecule has 150 valence electrons. The number of aromatic nitrogens is 1. The molecule has 0 aliphatic heterocycles. The van der Waals surface area contributed by atoms with Crippen molar-refractivity contribution in [2.75, 3.05) is 18.9 Å². The smallest absolute Gasteiger partial charge is 0.0765 e. The second-order valence-electron chi connectivity index (χ2n) is 6.84. The summed E-state index contributed by atoms with van der Waals surface area (Å²) < 4.78 is 0. The van der Waals surface area contributed by atoms with E-state index in [2.05, 4.69) is 64.7 Å². The predicted molar refractivity (Wildman–Crippen MR) is 126 cm³/mol. The van der Waals surface area contributed by atoms with Gasteiger partial charge in [-0.3, -0.25) is 5.41 Å². The van der Waals surface area contributed by atoms with Crippen LogP contribution >= 0.6 is 11.6 Å². The highest BCUT2D eigenvalue weighted by Crippen LogP contribution is 2.34. The number of rotatable bonds is 5. The number of hydrogen-bond donors (Lipinski definition) is 5. The van der Waals surface area contributed by atoms with Gasteiger partial charge in [0.25, 0.3) is 0 Å². The van der Waals surface area contributed by atoms with E-state index in [4.69, 9.17) is 17.0 Å². The van der Waals surface area contributed by atoms with Crippen LogP contribution in [0.4, 0.5) is 11.4 Å². The zero-order valence-corrected chi connectivity index (χ0v) is 17.4. The molecule has 6 heteroatoms. The number of nitrogens with two attached hydrogens (primary N) is 1. The quantitative estimate of drug-likeness (QED) is 0.228. The van der Waals surface area contributed by atoms with E-state index in [0.29, 0.717) is 0 Å². The fraction of sp³-hybridized carbons (Fsp3) is 0.174. The minimum absolute atomic E-state index is 0.750. The summed E-state index contributed by atoms with van der Waals surface area (Å²) >= 11 is 6.21. The largest absolute Gasteiger partial charge is 0.390 e. The van der Waals surface area contributed by atoms with Gasteiger partial charge in [0, 0.05) is 38.3 Å². The highest BCUT2D eigenvalue weighted by atomic mass is 35.5. The molecule has 4 aromatic rings. The van der Waals surface area contributed by atoms with Crippen molar-refractivity contribution < 1.29 is 0 Å². The van der Waals surface area contributed by atoms with Gasteiger partial charge in [-0.05, 0) is 63.3 Å². The van der Waals surface area contributed by atoms with Crippen molar-refractivity contribution in [3.63, 3.8) is 0 Å². The molecular formula is C23H26ClN5. The first-order valence-electron chi connectivity index (χ1n) is 9.49. The second kappa shape index (κ2) is 9.45. The lowest BCUT2D eigenvalue weighted by Gasteiger charge is -2.14. The van der Waals surface area contributed by atoms with E-state index in [1.807, 2.05) is 25.2 Å². The van der Waals surface area contributed by atoms with Crippen molar-refractivity contribution in [1.29, 1.82) is 5.41 Å². The molecule has 0 spiro atoms. The fourth-order valence-corrected chi connectivity index (χ4v) is 3.59. The van der Waals surface area contributed by atoms with E-state index in [9.17, 15) is 0 Å². The monoisotopic (exact) mass is 407 g/mol. The molecule has 0 amide bonds. The van der Waals surface area contributed by atoms with E-state index >= 15 is 0 Å². The summed E-state index contributed by atoms with van der Waals surface area (Å²) in [4.78, 5) is 3.59. The van der Waals surface area contributed by atoms with Crippen molar-refractivity contribution in [2.24, 2.45) is 5.73 Å². The summed E-state index contributed by atoms with van der Waals surface area (Å²) in [5.41, 5.74) is 11.4. The van der Waals surface area contributed by atoms with Crippen LogP contribution in [0.5, 0.6) is 0 Å². The van der Waals surface area contributed by atoms with Gasteiger partial charge in [0.05, 0.1) is 11.9 Å². The van der Waals surface area contributed by atoms with Crippen molar-refractivity contribution in [3.8, 4) is 0 Å². The third-order valence-corrected chi connectivity index (χ3v) is 5.04. The van der Waals surface area contributed by atoms with Crippen LogP contribution in [0.1, 0.15) is 11.1 Å². The first kappa shape index (κ1) is 20.7. The topological polar surface area (TPSA) is 89.7 Å². The molecule has 0 fully saturated rings. The van der Waals surface area contributed by atoms with Gasteiger partial charge < -0.3 is 21.4 Å². The average Bonchev–Trinajstić information content (AvgIpc) is 3.07. The molecule has 4 rings (SSSR count). The lowest BCUT2D eigenvalue weighted by atomic mass is 10.0. The minimum atomic E-state index is 0.750. The molecule has 0 aliphatic carbocycles. The van der Waals surface area contributed by atoms with Crippen LogP contribution in [-0.4, -0.2) is 24.9 Å². The highest BCUT2D eigenvalue weighted by molar-refractivity contribution is 6.31. The molecule has 0 radical (unpaired) electrons. The van der Waals surface area contributed by atoms with Crippen LogP contribution in [0.25, 0.3) is 21.8 Å². The molecule has 29 heavy (non-hydrogen) atoms. The lowest BCUT2D eigenvalue weighted by Crippen LogP contribution is -2.11. The van der Waals surface area contributed by atoms with Crippen LogP contribution in [0.2, 0.25) is 5.02 Å². The van der Waals surface area contributed by atoms with Crippen LogP contribution in [0.3, 0.4) is 0 Å². The Labute approximate surface area is 175 Å². The van der Waals surface area contributed by atoms with Gasteiger partial charge in [-0.2, -0.15) is 0 Å². The third-order valence-electron chi connectivity index (χ3n) is 4.80. The SMILES string of the molecule is CNCCc1c(Nc2ccc(C)cc2)ccc2c1[nH]c1ccc(Cl)cc12.N=CN. The summed E-state index contributed by atoms with van der Waals surface area (Å²) in [6.45, 7) is 3.02. The van der Waals surface area contributed by atoms with Gasteiger partial charge in [-0.1, -0.05) is 35.4 Å². The van der Waals surface area contributed by atoms with Crippen molar-refractivity contribution in [2.45, 2.75) is 13.3 Å². The lowest BCUT2D eigenvalue weighted by molar-refractivity contribution is 0.795. The molecule has 0 bridgehead atoms. The van der Waals surface area contributed by atoms with Crippen LogP contribution in [0, 0.1) is 12.3 Å². The van der Waals surface area contributed by atoms with Crippen LogP contribution in [-0.2, 0) is 6.42 Å². The molecule has 0 aliphatic rings. The third kappa shape index (κ3) is 4.70. The standard InChI is InChI=1S/C22H22ClN3.CH4N2/c1-14-3-6-16(7-4-14)25-20-10-8-17-19-13-15(23)5-9-21(19)26-22(17)18(20)11-12-24-2;2-1-3/h3-10,13,24-26H,11-12H2,1-2H3;1H,(H3,2,3). The molecule has 0 atom stereocenters. The van der Waals surface area contributed by atoms with Crippen molar-refractivity contribution >= 4 is 51.1 Å². The maximum atomic E-state index is 6.21. The Morgan fingerprint density at radius 3 is 2.48 bits per heavy atom. The molecule has 1 aromatic heterocycles. The first-order valence-corrected chi connectivity index (χ1v) is 9.87. The van der Waals surface area contributed by atoms with Crippen LogP contribution < -0.4 is 16.4 Å². The number of benzene rings is 3. The molecular weight excluding hydrogens is 382 g/mol. The molecule has 0 unspecified atom stereocenters. The number of aryl methyl sites for hydroxylation is 1. The Balaban J connectivity index is 0.000000755. The second-order valence-corrected chi connectivity index (χ2v) is 7.28. The molecule has 0 saturated carbocycles. The van der Waals surface area contributed by atoms with Gasteiger partial charge in [-0.25, -0.2) is 0 Å². The van der Waals surface area contributed by atoms with Gasteiger partial charge in [0.1, 0.15) is 0 Å². The first-order chi connectivity index (χ1) is 14.1. The molecule has 5 nitrogen and oxygen atoms in total. The van der Waals surface area contributed by atoms with E-state index in [0.717, 1.165) is 41.2 Å². The summed E-state index contributed by atoms with van der Waals surface area (Å²) in [5.74, 6) is 0. The number of anilines is 2. The van der Waals surface area contributed by atoms with Crippen molar-refractivity contribution in [3.05, 3.63) is 70.7 Å². The summed E-state index contributed by atoms with van der Waals surface area (Å²) in [6.07, 6.45) is 1.68. The molecule has 1 heterocycles. The van der Waals surface area contributed by atoms with Gasteiger partial charge in [0.2, 0.25) is 0 Å². The number of hydrogen-bond acceptors (Lipinski definition) is 3. The maximum Gasteiger partial charge on any atom is 0.0765 e. The maximum absolute atomic E-state index is 6.21. The average molecular weight is 408 g/mol. The Hall–Kier alpha value is -3.02. The normalized spacial score (nSPS) is 10.6. The van der Waals surface area contributed by atoms with E-state index in [1.54, 1.807) is 0 Å². The molecule has 0 saturated heterocycles. The van der Waals surface area contributed by atoms with Crippen LogP contribution in [0.15, 0.2) is 54.6 Å². The Morgan fingerprint density at radius 1 is 1.07 bits per heavy atom. The molecule has 3 aromatic carbocycles. The number of nitrogens with one attached hydrogen (secondary N) is 4. The Bertz CT molecular complexity index is 1120. The number of likely N-dealkylation sites (N-methyl/N-ethyl adjacent to an activating group) is 1. The van der Waals surface area contributed by atoms with Gasteiger partial charge in [0.15, 0.2) is 0 Å². The number of fused-ring (bicyclic) bond motifs is 3. The Morgan fingerprint density at radius 2 is 1.79 bits per heavy atom. The number of H-pyrrole nitrogens is 1. The minimum Gasteiger partial charge on any atom is -0.390 e. The number of aromatic amines is 1. The fourth-order valence-electron chi connectivity index (χ4n) is 3.42. The van der Waals surface area contributed by atoms with Crippen molar-refractivity contribution in [1.82, 2.24) is 10.3 Å². The zero-order valence-electron chi connectivity index (χ0n) is 16.6. The van der Waals surface area contributed by atoms with E-state index in [1.165, 1.54) is 27.4 Å². The summed E-state index contributed by atoms with van der Waals surface area (Å²) in [5, 5.41) is 15.8. The molecule has 6 N–H and O–H groups in total. The highest BCUT2D eigenvalue weighted by Gasteiger charge is 2.13. The zero-order chi connectivity index (χ0) is 20.8. The Kier molecular flexibility index (Phi) is 6.75. The number of halogens is 1. The summed E-state index contributed by atoms with van der Waals surface area (Å²) in [6, 6.07) is 18.8.